The fourth-order valence-electron chi connectivity index (χ4n) is 2.36. The maximum absolute atomic E-state index is 12.5. The number of para-hydroxylation sites is 1. The van der Waals surface area contributed by atoms with Crippen molar-refractivity contribution in [3.8, 4) is 16.9 Å². The van der Waals surface area contributed by atoms with E-state index < -0.39 is 0 Å². The molecule has 4 nitrogen and oxygen atoms in total. The van der Waals surface area contributed by atoms with Crippen LogP contribution in [-0.4, -0.2) is 19.2 Å². The van der Waals surface area contributed by atoms with E-state index in [1.807, 2.05) is 45.0 Å². The first-order chi connectivity index (χ1) is 10.5. The molecule has 0 radical (unpaired) electrons. The van der Waals surface area contributed by atoms with E-state index in [0.717, 1.165) is 22.4 Å². The Balaban J connectivity index is 2.65. The molecule has 1 heterocycles. The van der Waals surface area contributed by atoms with Crippen molar-refractivity contribution in [2.24, 2.45) is 0 Å². The van der Waals surface area contributed by atoms with Gasteiger partial charge in [-0.15, -0.1) is 11.3 Å². The van der Waals surface area contributed by atoms with Crippen molar-refractivity contribution in [2.75, 3.05) is 12.8 Å². The molecule has 0 aliphatic carbocycles. The smallest absolute Gasteiger partial charge is 0.342 e. The van der Waals surface area contributed by atoms with E-state index in [1.54, 1.807) is 7.11 Å². The zero-order valence-corrected chi connectivity index (χ0v) is 14.1. The van der Waals surface area contributed by atoms with Crippen molar-refractivity contribution in [3.05, 3.63) is 34.7 Å². The Hall–Kier alpha value is -2.01. The van der Waals surface area contributed by atoms with Gasteiger partial charge in [0.15, 0.2) is 0 Å². The molecule has 0 aliphatic rings. The summed E-state index contributed by atoms with van der Waals surface area (Å²) in [6.45, 7) is 5.69. The van der Waals surface area contributed by atoms with Crippen LogP contribution in [0, 0.1) is 0 Å². The highest BCUT2D eigenvalue weighted by Gasteiger charge is 2.26. The Labute approximate surface area is 134 Å². The molecule has 0 spiro atoms. The molecule has 0 amide bonds. The van der Waals surface area contributed by atoms with Gasteiger partial charge < -0.3 is 15.2 Å². The summed E-state index contributed by atoms with van der Waals surface area (Å²) >= 11 is 1.43. The Bertz CT molecular complexity index is 677. The maximum Gasteiger partial charge on any atom is 0.342 e. The number of anilines is 1. The van der Waals surface area contributed by atoms with E-state index in [2.05, 4.69) is 0 Å². The number of rotatable bonds is 5. The van der Waals surface area contributed by atoms with Crippen molar-refractivity contribution >= 4 is 22.3 Å². The quantitative estimate of drug-likeness (QED) is 0.842. The predicted octanol–water partition coefficient (Wildman–Crippen LogP) is 4.13. The molecule has 2 aromatic rings. The molecule has 1 aromatic carbocycles. The highest BCUT2D eigenvalue weighted by molar-refractivity contribution is 7.17. The van der Waals surface area contributed by atoms with Crippen molar-refractivity contribution in [3.63, 3.8) is 0 Å². The molecular formula is C17H21NO3S. The fraction of sp³-hybridized carbons (Fsp3) is 0.353. The predicted molar refractivity (Wildman–Crippen MR) is 90.6 cm³/mol. The summed E-state index contributed by atoms with van der Waals surface area (Å²) in [4.78, 5) is 13.5. The van der Waals surface area contributed by atoms with E-state index in [9.17, 15) is 4.79 Å². The van der Waals surface area contributed by atoms with Gasteiger partial charge in [0.1, 0.15) is 16.3 Å². The number of carbonyl (C=O) groups is 1. The van der Waals surface area contributed by atoms with Gasteiger partial charge in [0.05, 0.1) is 13.2 Å². The minimum Gasteiger partial charge on any atom is -0.496 e. The second kappa shape index (κ2) is 6.83. The molecule has 118 valence electrons. The molecule has 0 atom stereocenters. The van der Waals surface area contributed by atoms with Crippen LogP contribution in [0.15, 0.2) is 24.3 Å². The van der Waals surface area contributed by atoms with Crippen molar-refractivity contribution in [1.29, 1.82) is 0 Å². The Morgan fingerprint density at radius 1 is 1.32 bits per heavy atom. The number of nitrogen functional groups attached to an aromatic ring is 1. The number of carbonyl (C=O) groups excluding carboxylic acids is 1. The SMILES string of the molecule is CCc1sc(N)c(C(=O)OC(C)C)c1-c1ccccc1OC. The average Bonchev–Trinajstić information content (AvgIpc) is 2.83. The Morgan fingerprint density at radius 2 is 2.00 bits per heavy atom. The van der Waals surface area contributed by atoms with Crippen molar-refractivity contribution in [2.45, 2.75) is 33.3 Å². The zero-order chi connectivity index (χ0) is 16.3. The first-order valence-electron chi connectivity index (χ1n) is 7.25. The minimum atomic E-state index is -0.385. The molecule has 0 bridgehead atoms. The topological polar surface area (TPSA) is 61.6 Å². The largest absolute Gasteiger partial charge is 0.496 e. The molecule has 0 saturated heterocycles. The molecule has 0 fully saturated rings. The first-order valence-corrected chi connectivity index (χ1v) is 8.06. The number of benzene rings is 1. The third-order valence-corrected chi connectivity index (χ3v) is 4.42. The van der Waals surface area contributed by atoms with Gasteiger partial charge in [0, 0.05) is 16.0 Å². The Morgan fingerprint density at radius 3 is 2.59 bits per heavy atom. The summed E-state index contributed by atoms with van der Waals surface area (Å²) in [5.41, 5.74) is 8.24. The number of thiophene rings is 1. The van der Waals surface area contributed by atoms with E-state index in [-0.39, 0.29) is 12.1 Å². The van der Waals surface area contributed by atoms with Crippen molar-refractivity contribution in [1.82, 2.24) is 0 Å². The highest BCUT2D eigenvalue weighted by atomic mass is 32.1. The number of hydrogen-bond acceptors (Lipinski definition) is 5. The summed E-state index contributed by atoms with van der Waals surface area (Å²) < 4.78 is 10.8. The molecule has 0 saturated carbocycles. The second-order valence-electron chi connectivity index (χ2n) is 5.15. The lowest BCUT2D eigenvalue weighted by Gasteiger charge is -2.13. The van der Waals surface area contributed by atoms with E-state index in [4.69, 9.17) is 15.2 Å². The van der Waals surface area contributed by atoms with Crippen LogP contribution in [0.4, 0.5) is 5.00 Å². The van der Waals surface area contributed by atoms with Crippen LogP contribution in [0.25, 0.3) is 11.1 Å². The molecule has 5 heteroatoms. The summed E-state index contributed by atoms with van der Waals surface area (Å²) in [5, 5.41) is 0.489. The van der Waals surface area contributed by atoms with Crippen LogP contribution in [0.2, 0.25) is 0 Å². The molecule has 2 N–H and O–H groups in total. The molecular weight excluding hydrogens is 298 g/mol. The molecule has 1 aromatic heterocycles. The van der Waals surface area contributed by atoms with Gasteiger partial charge in [-0.1, -0.05) is 25.1 Å². The number of hydrogen-bond donors (Lipinski definition) is 1. The number of nitrogens with two attached hydrogens (primary N) is 1. The van der Waals surface area contributed by atoms with Gasteiger partial charge >= 0.3 is 5.97 Å². The van der Waals surface area contributed by atoms with Crippen LogP contribution < -0.4 is 10.5 Å². The average molecular weight is 319 g/mol. The molecule has 2 rings (SSSR count). The van der Waals surface area contributed by atoms with Gasteiger partial charge in [0.2, 0.25) is 0 Å². The summed E-state index contributed by atoms with van der Waals surface area (Å²) in [5.74, 6) is 0.331. The number of ether oxygens (including phenoxy) is 2. The number of aryl methyl sites for hydroxylation is 1. The second-order valence-corrected chi connectivity index (χ2v) is 6.28. The lowest BCUT2D eigenvalue weighted by molar-refractivity contribution is 0.0380. The van der Waals surface area contributed by atoms with Crippen LogP contribution in [-0.2, 0) is 11.2 Å². The van der Waals surface area contributed by atoms with E-state index in [1.165, 1.54) is 11.3 Å². The summed E-state index contributed by atoms with van der Waals surface area (Å²) in [6, 6.07) is 7.63. The van der Waals surface area contributed by atoms with Crippen LogP contribution in [0.5, 0.6) is 5.75 Å². The monoisotopic (exact) mass is 319 g/mol. The Kier molecular flexibility index (Phi) is 5.08. The standard InChI is InChI=1S/C17H21NO3S/c1-5-13-14(11-8-6-7-9-12(11)20-4)15(16(18)22-13)17(19)21-10(2)3/h6-10H,5,18H2,1-4H3. The number of methoxy groups -OCH3 is 1. The van der Waals surface area contributed by atoms with Gasteiger partial charge in [0.25, 0.3) is 0 Å². The summed E-state index contributed by atoms with van der Waals surface area (Å²) in [6.07, 6.45) is 0.597. The maximum atomic E-state index is 12.5. The molecule has 0 aliphatic heterocycles. The van der Waals surface area contributed by atoms with E-state index >= 15 is 0 Å². The third-order valence-electron chi connectivity index (χ3n) is 3.25. The van der Waals surface area contributed by atoms with Crippen LogP contribution in [0.1, 0.15) is 36.0 Å². The highest BCUT2D eigenvalue weighted by Crippen LogP contribution is 2.43. The van der Waals surface area contributed by atoms with E-state index in [0.29, 0.717) is 16.3 Å². The van der Waals surface area contributed by atoms with Gasteiger partial charge in [-0.2, -0.15) is 0 Å². The molecule has 22 heavy (non-hydrogen) atoms. The normalized spacial score (nSPS) is 10.8. The fourth-order valence-corrected chi connectivity index (χ4v) is 3.37. The third kappa shape index (κ3) is 3.09. The van der Waals surface area contributed by atoms with Gasteiger partial charge in [-0.05, 0) is 26.3 Å². The zero-order valence-electron chi connectivity index (χ0n) is 13.3. The summed E-state index contributed by atoms with van der Waals surface area (Å²) in [7, 11) is 1.62. The van der Waals surface area contributed by atoms with Crippen LogP contribution in [0.3, 0.4) is 0 Å². The van der Waals surface area contributed by atoms with Crippen LogP contribution >= 0.6 is 11.3 Å². The van der Waals surface area contributed by atoms with Gasteiger partial charge in [-0.25, -0.2) is 4.79 Å². The number of esters is 1. The van der Waals surface area contributed by atoms with Crippen molar-refractivity contribution < 1.29 is 14.3 Å². The lowest BCUT2D eigenvalue weighted by atomic mass is 9.99. The lowest BCUT2D eigenvalue weighted by Crippen LogP contribution is -2.13. The minimum absolute atomic E-state index is 0.192. The molecule has 0 unspecified atom stereocenters. The van der Waals surface area contributed by atoms with Gasteiger partial charge in [-0.3, -0.25) is 0 Å². The first kappa shape index (κ1) is 16.4.